The maximum absolute atomic E-state index is 10.8. The first-order valence-corrected chi connectivity index (χ1v) is 11.2. The molecular weight excluding hydrogens is 505 g/mol. The number of aliphatic imine (C=N–C) groups is 1. The summed E-state index contributed by atoms with van der Waals surface area (Å²) in [6.45, 7) is 12.9. The number of nitrogens with zero attached hydrogens (tertiary/aromatic N) is 3. The van der Waals surface area contributed by atoms with Crippen LogP contribution >= 0.6 is 24.0 Å². The van der Waals surface area contributed by atoms with Crippen molar-refractivity contribution in [1.29, 1.82) is 0 Å². The van der Waals surface area contributed by atoms with E-state index in [2.05, 4.69) is 76.7 Å². The summed E-state index contributed by atoms with van der Waals surface area (Å²) >= 11 is 0. The zero-order valence-electron chi connectivity index (χ0n) is 19.6. The molecule has 1 aromatic carbocycles. The molecule has 0 spiro atoms. The number of rotatable bonds is 11. The number of hydrogen-bond donors (Lipinski definition) is 3. The van der Waals surface area contributed by atoms with E-state index in [0.717, 1.165) is 58.3 Å². The van der Waals surface area contributed by atoms with Gasteiger partial charge in [-0.25, -0.2) is 0 Å². The molecule has 2 unspecified atom stereocenters. The molecule has 1 heterocycles. The van der Waals surface area contributed by atoms with Crippen molar-refractivity contribution in [3.05, 3.63) is 35.9 Å². The standard InChI is InChI=1S/C23H41N5O2.HI/c1-5-24-22(26-18-23(3,29)19-28-13-15-30-16-14-28)25-12-11-20(2)27(4)17-21-9-7-6-8-10-21;/h6-10,20,29H,5,11-19H2,1-4H3,(H2,24,25,26);1H. The molecular formula is C23H42IN5O2. The minimum absolute atomic E-state index is 0. The van der Waals surface area contributed by atoms with Gasteiger partial charge in [-0.15, -0.1) is 24.0 Å². The molecule has 0 bridgehead atoms. The van der Waals surface area contributed by atoms with E-state index in [0.29, 0.717) is 19.1 Å². The largest absolute Gasteiger partial charge is 0.387 e. The summed E-state index contributed by atoms with van der Waals surface area (Å²) in [5.74, 6) is 0.762. The SMILES string of the molecule is CCNC(=NCC(C)(O)CN1CCOCC1)NCCC(C)N(C)Cc1ccccc1.I. The number of ether oxygens (including phenoxy) is 1. The topological polar surface area (TPSA) is 72.4 Å². The first-order valence-electron chi connectivity index (χ1n) is 11.2. The smallest absolute Gasteiger partial charge is 0.191 e. The van der Waals surface area contributed by atoms with E-state index in [4.69, 9.17) is 4.74 Å². The van der Waals surface area contributed by atoms with Gasteiger partial charge in [-0.2, -0.15) is 0 Å². The normalized spacial score (nSPS) is 18.2. The third-order valence-corrected chi connectivity index (χ3v) is 5.47. The van der Waals surface area contributed by atoms with Gasteiger partial charge in [0.25, 0.3) is 0 Å². The lowest BCUT2D eigenvalue weighted by atomic mass is 10.1. The zero-order chi connectivity index (χ0) is 21.8. The van der Waals surface area contributed by atoms with Gasteiger partial charge in [0.15, 0.2) is 5.96 Å². The van der Waals surface area contributed by atoms with E-state index in [1.807, 2.05) is 6.92 Å². The average Bonchev–Trinajstić information content (AvgIpc) is 2.73. The van der Waals surface area contributed by atoms with E-state index < -0.39 is 5.60 Å². The number of aliphatic hydroxyl groups is 1. The maximum Gasteiger partial charge on any atom is 0.191 e. The number of β-amino-alcohol motifs (C(OH)–C–C–N with tert-alkyl or cyclic N) is 1. The molecule has 1 saturated heterocycles. The van der Waals surface area contributed by atoms with Crippen LogP contribution in [0.3, 0.4) is 0 Å². The van der Waals surface area contributed by atoms with E-state index in [1.165, 1.54) is 5.56 Å². The number of morpholine rings is 1. The lowest BCUT2D eigenvalue weighted by molar-refractivity contribution is -0.0180. The van der Waals surface area contributed by atoms with Crippen LogP contribution in [-0.2, 0) is 11.3 Å². The molecule has 178 valence electrons. The van der Waals surface area contributed by atoms with Crippen LogP contribution in [0.4, 0.5) is 0 Å². The maximum atomic E-state index is 10.8. The molecule has 1 aliphatic heterocycles. The minimum Gasteiger partial charge on any atom is -0.387 e. The van der Waals surface area contributed by atoms with Gasteiger partial charge in [-0.05, 0) is 39.8 Å². The summed E-state index contributed by atoms with van der Waals surface area (Å²) in [4.78, 5) is 9.24. The molecule has 0 aromatic heterocycles. The minimum atomic E-state index is -0.858. The highest BCUT2D eigenvalue weighted by Gasteiger charge is 2.25. The highest BCUT2D eigenvalue weighted by atomic mass is 127. The zero-order valence-corrected chi connectivity index (χ0v) is 22.0. The second kappa shape index (κ2) is 15.0. The van der Waals surface area contributed by atoms with Crippen molar-refractivity contribution >= 4 is 29.9 Å². The number of halogens is 1. The summed E-state index contributed by atoms with van der Waals surface area (Å²) in [5, 5.41) is 17.5. The first-order chi connectivity index (χ1) is 14.4. The van der Waals surface area contributed by atoms with Gasteiger partial charge >= 0.3 is 0 Å². The van der Waals surface area contributed by atoms with Crippen LogP contribution in [0.2, 0.25) is 0 Å². The Morgan fingerprint density at radius 3 is 2.58 bits per heavy atom. The van der Waals surface area contributed by atoms with E-state index in [1.54, 1.807) is 0 Å². The van der Waals surface area contributed by atoms with Crippen molar-refractivity contribution in [3.8, 4) is 0 Å². The van der Waals surface area contributed by atoms with Crippen molar-refractivity contribution < 1.29 is 9.84 Å². The Balaban J connectivity index is 0.00000480. The Hall–Kier alpha value is -0.940. The Morgan fingerprint density at radius 1 is 1.26 bits per heavy atom. The number of hydrogen-bond acceptors (Lipinski definition) is 5. The van der Waals surface area contributed by atoms with Gasteiger partial charge in [0, 0.05) is 45.3 Å². The molecule has 1 aromatic rings. The predicted molar refractivity (Wildman–Crippen MR) is 139 cm³/mol. The van der Waals surface area contributed by atoms with Crippen molar-refractivity contribution in [3.63, 3.8) is 0 Å². The Morgan fingerprint density at radius 2 is 1.94 bits per heavy atom. The van der Waals surface area contributed by atoms with Gasteiger partial charge in [-0.3, -0.25) is 14.8 Å². The second-order valence-electron chi connectivity index (χ2n) is 8.55. The van der Waals surface area contributed by atoms with E-state index >= 15 is 0 Å². The molecule has 31 heavy (non-hydrogen) atoms. The van der Waals surface area contributed by atoms with Crippen molar-refractivity contribution in [2.75, 3.05) is 59.5 Å². The van der Waals surface area contributed by atoms with E-state index in [-0.39, 0.29) is 24.0 Å². The van der Waals surface area contributed by atoms with Gasteiger partial charge in [0.2, 0.25) is 0 Å². The number of benzene rings is 1. The van der Waals surface area contributed by atoms with Crippen molar-refractivity contribution in [1.82, 2.24) is 20.4 Å². The van der Waals surface area contributed by atoms with Crippen LogP contribution in [0.15, 0.2) is 35.3 Å². The summed E-state index contributed by atoms with van der Waals surface area (Å²) in [7, 11) is 2.17. The third-order valence-electron chi connectivity index (χ3n) is 5.47. The fraction of sp³-hybridized carbons (Fsp3) is 0.696. The molecule has 8 heteroatoms. The van der Waals surface area contributed by atoms with Crippen molar-refractivity contribution in [2.24, 2.45) is 4.99 Å². The molecule has 2 rings (SSSR count). The Kier molecular flexibility index (Phi) is 13.6. The van der Waals surface area contributed by atoms with Crippen molar-refractivity contribution in [2.45, 2.75) is 45.4 Å². The molecule has 0 saturated carbocycles. The monoisotopic (exact) mass is 547 g/mol. The van der Waals surface area contributed by atoms with Crippen LogP contribution < -0.4 is 10.6 Å². The Bertz CT molecular complexity index is 624. The molecule has 7 nitrogen and oxygen atoms in total. The van der Waals surface area contributed by atoms with Crippen LogP contribution in [0, 0.1) is 0 Å². The lowest BCUT2D eigenvalue weighted by Crippen LogP contribution is -2.48. The Labute approximate surface area is 205 Å². The highest BCUT2D eigenvalue weighted by molar-refractivity contribution is 14.0. The lowest BCUT2D eigenvalue weighted by Gasteiger charge is -2.33. The molecule has 3 N–H and O–H groups in total. The predicted octanol–water partition coefficient (Wildman–Crippen LogP) is 2.15. The summed E-state index contributed by atoms with van der Waals surface area (Å²) in [5.41, 5.74) is 0.473. The molecule has 0 radical (unpaired) electrons. The van der Waals surface area contributed by atoms with Gasteiger partial charge in [0.05, 0.1) is 25.4 Å². The molecule has 0 aliphatic carbocycles. The summed E-state index contributed by atoms with van der Waals surface area (Å²) < 4.78 is 5.38. The molecule has 1 aliphatic rings. The number of nitrogens with one attached hydrogen (secondary N) is 2. The quantitative estimate of drug-likeness (QED) is 0.224. The van der Waals surface area contributed by atoms with Gasteiger partial charge in [0.1, 0.15) is 0 Å². The highest BCUT2D eigenvalue weighted by Crippen LogP contribution is 2.10. The van der Waals surface area contributed by atoms with Crippen LogP contribution in [-0.4, -0.2) is 92.0 Å². The molecule has 2 atom stereocenters. The van der Waals surface area contributed by atoms with E-state index in [9.17, 15) is 5.11 Å². The van der Waals surface area contributed by atoms with Crippen LogP contribution in [0.25, 0.3) is 0 Å². The second-order valence-corrected chi connectivity index (χ2v) is 8.55. The number of guanidine groups is 1. The average molecular weight is 548 g/mol. The van der Waals surface area contributed by atoms with Crippen LogP contribution in [0.5, 0.6) is 0 Å². The third kappa shape index (κ3) is 11.5. The first kappa shape index (κ1) is 28.1. The van der Waals surface area contributed by atoms with Gasteiger partial charge < -0.3 is 20.5 Å². The van der Waals surface area contributed by atoms with Crippen LogP contribution in [0.1, 0.15) is 32.8 Å². The van der Waals surface area contributed by atoms with Gasteiger partial charge in [-0.1, -0.05) is 30.3 Å². The fourth-order valence-electron chi connectivity index (χ4n) is 3.53. The molecule has 1 fully saturated rings. The fourth-order valence-corrected chi connectivity index (χ4v) is 3.53. The summed E-state index contributed by atoms with van der Waals surface area (Å²) in [6, 6.07) is 11.0. The summed E-state index contributed by atoms with van der Waals surface area (Å²) in [6.07, 6.45) is 1.01. The molecule has 0 amide bonds.